The van der Waals surface area contributed by atoms with E-state index < -0.39 is 175 Å². The van der Waals surface area contributed by atoms with Crippen molar-refractivity contribution >= 4 is 43.5 Å². The molecule has 93 heavy (non-hydrogen) atoms. The molecule has 10 N–H and O–H groups in total. The Hall–Kier alpha value is -0.550. The second-order valence-corrected chi connectivity index (χ2v) is 25.1. The van der Waals surface area contributed by atoms with E-state index in [0.717, 1.165) is 65.2 Å². The van der Waals surface area contributed by atoms with Gasteiger partial charge in [-0.3, -0.25) is 28.6 Å². The molecule has 0 saturated carbocycles. The number of phosphoric ester groups is 1. The molecule has 2 saturated heterocycles. The quantitative estimate of drug-likeness (QED) is 0.00676. The maximum absolute atomic E-state index is 13.0. The van der Waals surface area contributed by atoms with Gasteiger partial charge in [0.2, 0.25) is 5.79 Å². The van der Waals surface area contributed by atoms with Gasteiger partial charge in [0.1, 0.15) is 61.3 Å². The summed E-state index contributed by atoms with van der Waals surface area (Å²) in [4.78, 5) is 69.4. The standard InChI is InChI=1S/C61H112N3O25P.3Na/c1-5-7-9-11-13-15-17-19-21-23-25-27-29-31-50(72)82-41-45(86-51(73)32-30-28-26-24-22-20-18-16-14-12-10-8-6-2)42-85-90(80,81)84-36-34-62-33-35-83-60(58(76)77)37-46(69)53(64-44(4)68)57(88-60)55(75)49(40-66)87-61(59(78)79)38-47(70)52(63-43(3)67)56(89-61)54(74)48(71)39-65;;;/h45-49,52-57,62,65-66,69-71,74-75H,5-42H2,1-4H3,(H,63,67)(H,64,68)(H,76,77)(H,78,79)(H,80,81);;;/q;3*+1/p-3/t45-,46+,47+,48-,49-,52-,53-,54+,55-,56-,57-,60-,61-;;;/m1.../s1. The number of nitrogens with zero attached hydrogens (tertiary/aromatic N) is 2. The number of hydrogen-bond acceptors (Lipinski definition) is 26. The van der Waals surface area contributed by atoms with E-state index in [1.165, 1.54) is 103 Å². The average molecular weight is 1380 g/mol. The van der Waals surface area contributed by atoms with Crippen molar-refractivity contribution in [2.75, 3.05) is 52.7 Å². The minimum Gasteiger partial charge on any atom is -0.862 e. The molecule has 2 fully saturated rings. The zero-order valence-electron chi connectivity index (χ0n) is 56.6. The van der Waals surface area contributed by atoms with Crippen molar-refractivity contribution in [2.24, 2.45) is 9.98 Å². The van der Waals surface area contributed by atoms with Crippen molar-refractivity contribution in [1.29, 1.82) is 0 Å². The Kier molecular flexibility index (Phi) is 55.1. The van der Waals surface area contributed by atoms with Crippen LogP contribution in [-0.2, 0) is 61.2 Å². The number of nitrogens with one attached hydrogen (secondary N) is 1. The minimum atomic E-state index is -4.85. The summed E-state index contributed by atoms with van der Waals surface area (Å²) in [5, 5.41) is 125. The number of phosphoric acid groups is 1. The summed E-state index contributed by atoms with van der Waals surface area (Å²) in [6.07, 6.45) is 8.86. The van der Waals surface area contributed by atoms with Crippen molar-refractivity contribution in [3.8, 4) is 0 Å². The molecule has 28 nitrogen and oxygen atoms in total. The summed E-state index contributed by atoms with van der Waals surface area (Å²) in [6, 6.07) is -3.61. The number of rotatable bonds is 54. The monoisotopic (exact) mass is 1380 g/mol. The van der Waals surface area contributed by atoms with Gasteiger partial charge >= 0.3 is 114 Å². The summed E-state index contributed by atoms with van der Waals surface area (Å²) >= 11 is 0. The summed E-state index contributed by atoms with van der Waals surface area (Å²) in [6.45, 7) is 1.18. The van der Waals surface area contributed by atoms with Gasteiger partial charge in [0, 0.05) is 38.8 Å². The van der Waals surface area contributed by atoms with Crippen LogP contribution in [0.1, 0.15) is 220 Å². The normalized spacial score (nSPS) is 24.0. The van der Waals surface area contributed by atoms with Gasteiger partial charge in [-0.25, -0.2) is 9.36 Å². The number of hydrogen-bond donors (Lipinski definition) is 10. The fourth-order valence-corrected chi connectivity index (χ4v) is 11.5. The summed E-state index contributed by atoms with van der Waals surface area (Å²) in [5.41, 5.74) is 0. The number of aliphatic carboxylic acids is 2. The number of aliphatic hydroxyl groups excluding tert-OH is 7. The van der Waals surface area contributed by atoms with E-state index >= 15 is 0 Å². The molecule has 14 atom stereocenters. The molecule has 2 aliphatic heterocycles. The van der Waals surface area contributed by atoms with Crippen LogP contribution < -0.4 is 109 Å². The number of aliphatic imine (C=N–C) groups is 2. The summed E-state index contributed by atoms with van der Waals surface area (Å²) in [7, 11) is -4.85. The van der Waals surface area contributed by atoms with Crippen LogP contribution in [-0.4, -0.2) is 213 Å². The third kappa shape index (κ3) is 38.7. The molecule has 0 spiro atoms. The molecule has 0 aromatic heterocycles. The second kappa shape index (κ2) is 54.2. The first-order valence-electron chi connectivity index (χ1n) is 32.8. The predicted molar refractivity (Wildman–Crippen MR) is 322 cm³/mol. The Balaban J connectivity index is 0. The van der Waals surface area contributed by atoms with E-state index in [0.29, 0.717) is 12.8 Å². The van der Waals surface area contributed by atoms with Crippen LogP contribution in [0.25, 0.3) is 0 Å². The molecule has 2 heterocycles. The van der Waals surface area contributed by atoms with E-state index in [1.807, 2.05) is 0 Å². The van der Waals surface area contributed by atoms with Gasteiger partial charge in [0.15, 0.2) is 6.10 Å². The Morgan fingerprint density at radius 1 is 0.591 bits per heavy atom. The van der Waals surface area contributed by atoms with Crippen LogP contribution in [0.15, 0.2) is 9.98 Å². The van der Waals surface area contributed by atoms with Gasteiger partial charge in [0.05, 0.1) is 45.2 Å². The number of aliphatic hydroxyl groups is 7. The Morgan fingerprint density at radius 3 is 1.42 bits per heavy atom. The number of unbranched alkanes of at least 4 members (excludes halogenated alkanes) is 24. The van der Waals surface area contributed by atoms with E-state index in [9.17, 15) is 84.8 Å². The third-order valence-corrected chi connectivity index (χ3v) is 16.8. The van der Waals surface area contributed by atoms with Gasteiger partial charge < -0.3 is 99.6 Å². The van der Waals surface area contributed by atoms with Crippen LogP contribution in [0.3, 0.4) is 0 Å². The van der Waals surface area contributed by atoms with E-state index in [1.54, 1.807) is 0 Å². The van der Waals surface area contributed by atoms with Gasteiger partial charge in [-0.1, -0.05) is 168 Å². The van der Waals surface area contributed by atoms with Crippen LogP contribution >= 0.6 is 7.82 Å². The number of ether oxygens (including phenoxy) is 6. The molecule has 0 aromatic carbocycles. The first kappa shape index (κ1) is 94.5. The number of esters is 2. The van der Waals surface area contributed by atoms with E-state index in [2.05, 4.69) is 29.1 Å². The topological polar surface area (TPSA) is 447 Å². The number of carboxylic acids is 2. The molecule has 1 unspecified atom stereocenters. The molecular weight excluding hydrogens is 1270 g/mol. The molecular formula is C61H109N3Na3O25P. The average Bonchev–Trinajstić information content (AvgIpc) is 0.769. The van der Waals surface area contributed by atoms with Crippen LogP contribution in [0.2, 0.25) is 0 Å². The minimum absolute atomic E-state index is 0. The number of carbonyl (C=O) groups is 4. The molecule has 0 aliphatic carbocycles. The van der Waals surface area contributed by atoms with Crippen molar-refractivity contribution in [3.05, 3.63) is 0 Å². The smallest absolute Gasteiger partial charge is 0.862 e. The predicted octanol–water partition coefficient (Wildman–Crippen LogP) is -6.57. The zero-order chi connectivity index (χ0) is 67.0. The van der Waals surface area contributed by atoms with Crippen molar-refractivity contribution in [1.82, 2.24) is 5.32 Å². The maximum atomic E-state index is 13.0. The molecule has 2 rings (SSSR count). The summed E-state index contributed by atoms with van der Waals surface area (Å²) < 4.78 is 56.7. The fraction of sp³-hybridized carbons (Fsp3) is 0.902. The second-order valence-electron chi connectivity index (χ2n) is 23.6. The third-order valence-electron chi connectivity index (χ3n) is 15.8. The molecule has 0 bridgehead atoms. The first-order valence-corrected chi connectivity index (χ1v) is 34.3. The van der Waals surface area contributed by atoms with Gasteiger partial charge in [0.25, 0.3) is 5.79 Å². The van der Waals surface area contributed by atoms with E-state index in [4.69, 9.17) is 37.5 Å². The largest absolute Gasteiger partial charge is 1.00 e. The molecule has 2 aliphatic rings. The van der Waals surface area contributed by atoms with Crippen molar-refractivity contribution < 1.29 is 211 Å². The van der Waals surface area contributed by atoms with Gasteiger partial charge in [-0.15, -0.1) is 0 Å². The number of carbonyl (C=O) groups excluding carboxylic acids is 3. The first-order chi connectivity index (χ1) is 42.9. The Morgan fingerprint density at radius 2 is 1.00 bits per heavy atom. The van der Waals surface area contributed by atoms with Crippen molar-refractivity contribution in [2.45, 2.75) is 299 Å². The maximum Gasteiger partial charge on any atom is 1.00 e. The Labute approximate surface area is 616 Å². The van der Waals surface area contributed by atoms with Crippen LogP contribution in [0.4, 0.5) is 0 Å². The molecule has 32 heteroatoms. The van der Waals surface area contributed by atoms with Crippen molar-refractivity contribution in [3.63, 3.8) is 0 Å². The SMILES string of the molecule is CCCCCCCCCCCCCCCC(=O)OC[C@H](COP(=O)(O)OCCNCCO[C@]1(C(=O)[O-])C[C@H](O)[C@@H](N=C(C)[O-])[C@H]([C@H](O)[C@@H](CO)O[C@]2(C(=O)O)C[C@H](O)[C@@H](N=C(C)[O-])[C@H]([C@@H](O)[C@H](O)CO)O2)O1)OC(=O)CCCCCCCCCCCCCCC.[Na+].[Na+].[Na+]. The van der Waals surface area contributed by atoms with Crippen LogP contribution in [0.5, 0.6) is 0 Å². The fourth-order valence-electron chi connectivity index (χ4n) is 10.8. The zero-order valence-corrected chi connectivity index (χ0v) is 63.5. The molecule has 0 amide bonds. The van der Waals surface area contributed by atoms with Gasteiger partial charge in [-0.2, -0.15) is 0 Å². The molecule has 0 aromatic rings. The number of carboxylic acid groups (broad SMARTS) is 2. The molecule has 526 valence electrons. The summed E-state index contributed by atoms with van der Waals surface area (Å²) in [5.74, 6) is -13.3. The van der Waals surface area contributed by atoms with Crippen LogP contribution in [0, 0.1) is 0 Å². The van der Waals surface area contributed by atoms with E-state index in [-0.39, 0.29) is 115 Å². The Bertz CT molecular complexity index is 2110. The van der Waals surface area contributed by atoms with Gasteiger partial charge in [-0.05, 0) is 38.5 Å². The molecule has 0 radical (unpaired) electrons.